The van der Waals surface area contributed by atoms with E-state index in [-0.39, 0.29) is 36.7 Å². The van der Waals surface area contributed by atoms with Crippen LogP contribution in [0.1, 0.15) is 64.7 Å². The molecule has 0 heterocycles. The summed E-state index contributed by atoms with van der Waals surface area (Å²) >= 11 is 0. The number of carbonyl (C=O) groups is 2. The van der Waals surface area contributed by atoms with E-state index in [1.165, 1.54) is 0 Å². The number of aliphatic hydroxyl groups excluding tert-OH is 1. The van der Waals surface area contributed by atoms with Gasteiger partial charge in [-0.2, -0.15) is 0 Å². The van der Waals surface area contributed by atoms with E-state index in [1.807, 2.05) is 33.3 Å². The second-order valence-electron chi connectivity index (χ2n) is 10.1. The summed E-state index contributed by atoms with van der Waals surface area (Å²) in [6, 6.07) is -0.589. The molecule has 7 nitrogen and oxygen atoms in total. The van der Waals surface area contributed by atoms with Crippen LogP contribution in [0, 0.1) is 0 Å². The molecule has 0 saturated heterocycles. The minimum atomic E-state index is -0.938. The highest BCUT2D eigenvalue weighted by atomic mass is 16.5. The molecule has 0 rings (SSSR count). The lowest BCUT2D eigenvalue weighted by atomic mass is 10.1. The first-order valence-corrected chi connectivity index (χ1v) is 14.0. The van der Waals surface area contributed by atoms with E-state index in [2.05, 4.69) is 67.7 Å². The number of esters is 1. The smallest absolute Gasteiger partial charge is 0.362 e. The maximum atomic E-state index is 11.8. The van der Waals surface area contributed by atoms with E-state index in [0.717, 1.165) is 38.5 Å². The number of ether oxygens (including phenoxy) is 2. The molecule has 0 amide bonds. The molecule has 0 aromatic carbocycles. The van der Waals surface area contributed by atoms with E-state index in [0.29, 0.717) is 12.8 Å². The van der Waals surface area contributed by atoms with Crippen LogP contribution in [0.4, 0.5) is 0 Å². The lowest BCUT2D eigenvalue weighted by Gasteiger charge is -2.31. The summed E-state index contributed by atoms with van der Waals surface area (Å²) in [7, 11) is 5.44. The third kappa shape index (κ3) is 24.1. The van der Waals surface area contributed by atoms with Gasteiger partial charge in [0, 0.05) is 12.8 Å². The monoisotopic (exact) mass is 546 g/mol. The number of allylic oxidation sites excluding steroid dienone is 12. The van der Waals surface area contributed by atoms with Gasteiger partial charge < -0.3 is 24.2 Å². The van der Waals surface area contributed by atoms with Gasteiger partial charge >= 0.3 is 11.9 Å². The van der Waals surface area contributed by atoms with Gasteiger partial charge in [-0.1, -0.05) is 79.8 Å². The summed E-state index contributed by atoms with van der Waals surface area (Å²) in [5.41, 5.74) is 0. The molecule has 0 aromatic rings. The second-order valence-corrected chi connectivity index (χ2v) is 10.1. The Bertz CT molecular complexity index is 817. The fraction of sp³-hybridized carbons (Fsp3) is 0.562. The molecule has 0 aliphatic rings. The first-order valence-electron chi connectivity index (χ1n) is 14.0. The number of aliphatic hydroxyl groups is 1. The van der Waals surface area contributed by atoms with Crippen molar-refractivity contribution in [3.63, 3.8) is 0 Å². The Morgan fingerprint density at radius 2 is 1.21 bits per heavy atom. The summed E-state index contributed by atoms with van der Waals surface area (Å²) in [5, 5.41) is 19.2. The number of hydrogen-bond acceptors (Lipinski definition) is 5. The van der Waals surface area contributed by atoms with Crippen LogP contribution in [0.2, 0.25) is 0 Å². The maximum Gasteiger partial charge on any atom is 0.362 e. The first-order chi connectivity index (χ1) is 18.7. The van der Waals surface area contributed by atoms with Crippen molar-refractivity contribution >= 4 is 11.9 Å². The molecule has 0 radical (unpaired) electrons. The first kappa shape index (κ1) is 36.3. The van der Waals surface area contributed by atoms with Crippen LogP contribution in [0.5, 0.6) is 0 Å². The van der Waals surface area contributed by atoms with Gasteiger partial charge in [-0.15, -0.1) is 0 Å². The topological polar surface area (TPSA) is 93.1 Å². The molecule has 7 heteroatoms. The molecular weight excluding hydrogens is 494 g/mol. The third-order valence-electron chi connectivity index (χ3n) is 5.61. The molecule has 0 fully saturated rings. The molecule has 2 unspecified atom stereocenters. The number of hydrogen-bond donors (Lipinski definition) is 2. The van der Waals surface area contributed by atoms with E-state index in [9.17, 15) is 19.8 Å². The summed E-state index contributed by atoms with van der Waals surface area (Å²) in [6.45, 7) is 2.20. The van der Waals surface area contributed by atoms with Crippen molar-refractivity contribution < 1.29 is 33.8 Å². The summed E-state index contributed by atoms with van der Waals surface area (Å²) in [5.74, 6) is -1.25. The molecule has 2 atom stereocenters. The molecule has 0 aliphatic carbocycles. The Kier molecular flexibility index (Phi) is 22.6. The quantitative estimate of drug-likeness (QED) is 0.0714. The standard InChI is InChI=1S/C32H51NO6/c1-5-6-7-8-9-10-11-12-13-14-15-16-17-18-19-20-21-22-23-24-31(35)39-28-29(34)27-38-26-25-30(32(36)37)33(2,3)4/h6-7,9-10,12-13,15-16,18-19,21-22,29-30,34H,5,8,11,14,17,20,23-28H2,1-4H3/p+1/b7-6+,10-9+,13-12+,16-15+,19-18+,22-21+. The molecular formula is C32H52NO6+. The number of aliphatic carboxylic acids is 1. The zero-order chi connectivity index (χ0) is 29.2. The van der Waals surface area contributed by atoms with Gasteiger partial charge in [0.15, 0.2) is 6.04 Å². The molecule has 2 N–H and O–H groups in total. The normalized spacial score (nSPS) is 14.6. The highest BCUT2D eigenvalue weighted by molar-refractivity contribution is 5.72. The van der Waals surface area contributed by atoms with E-state index < -0.39 is 18.1 Å². The van der Waals surface area contributed by atoms with Crippen molar-refractivity contribution in [2.45, 2.75) is 76.9 Å². The Morgan fingerprint density at radius 3 is 1.64 bits per heavy atom. The predicted molar refractivity (Wildman–Crippen MR) is 159 cm³/mol. The van der Waals surface area contributed by atoms with Gasteiger partial charge in [0.05, 0.1) is 34.4 Å². The fourth-order valence-corrected chi connectivity index (χ4v) is 3.41. The van der Waals surface area contributed by atoms with Crippen LogP contribution in [0.25, 0.3) is 0 Å². The van der Waals surface area contributed by atoms with E-state index in [4.69, 9.17) is 9.47 Å². The maximum absolute atomic E-state index is 11.8. The van der Waals surface area contributed by atoms with Gasteiger partial charge in [0.2, 0.25) is 0 Å². The van der Waals surface area contributed by atoms with Gasteiger partial charge in [0.1, 0.15) is 12.7 Å². The van der Waals surface area contributed by atoms with Crippen LogP contribution in [0.15, 0.2) is 72.9 Å². The number of rotatable bonds is 23. The number of carboxylic acids is 1. The molecule has 0 aromatic heterocycles. The summed E-state index contributed by atoms with van der Waals surface area (Å²) in [4.78, 5) is 23.2. The minimum Gasteiger partial charge on any atom is -0.477 e. The molecule has 0 spiro atoms. The zero-order valence-electron chi connectivity index (χ0n) is 24.5. The van der Waals surface area contributed by atoms with Crippen LogP contribution < -0.4 is 0 Å². The lowest BCUT2D eigenvalue weighted by molar-refractivity contribution is -0.887. The van der Waals surface area contributed by atoms with Crippen LogP contribution in [-0.2, 0) is 19.1 Å². The molecule has 0 bridgehead atoms. The predicted octanol–water partition coefficient (Wildman–Crippen LogP) is 5.93. The van der Waals surface area contributed by atoms with Crippen LogP contribution in [0.3, 0.4) is 0 Å². The van der Waals surface area contributed by atoms with Crippen LogP contribution in [-0.4, -0.2) is 79.7 Å². The van der Waals surface area contributed by atoms with E-state index >= 15 is 0 Å². The van der Waals surface area contributed by atoms with Crippen LogP contribution >= 0.6 is 0 Å². The summed E-state index contributed by atoms with van der Waals surface area (Å²) < 4.78 is 10.7. The molecule has 39 heavy (non-hydrogen) atoms. The lowest BCUT2D eigenvalue weighted by Crippen LogP contribution is -2.50. The van der Waals surface area contributed by atoms with Crippen molar-refractivity contribution in [3.05, 3.63) is 72.9 Å². The Morgan fingerprint density at radius 1 is 0.744 bits per heavy atom. The highest BCUT2D eigenvalue weighted by Crippen LogP contribution is 2.08. The third-order valence-corrected chi connectivity index (χ3v) is 5.61. The van der Waals surface area contributed by atoms with Gasteiger partial charge in [-0.05, 0) is 44.9 Å². The average molecular weight is 547 g/mol. The second kappa shape index (κ2) is 24.3. The zero-order valence-corrected chi connectivity index (χ0v) is 24.5. The highest BCUT2D eigenvalue weighted by Gasteiger charge is 2.30. The number of quaternary nitrogens is 1. The Hall–Kier alpha value is -2.74. The Balaban J connectivity index is 3.78. The molecule has 0 saturated carbocycles. The van der Waals surface area contributed by atoms with Gasteiger partial charge in [0.25, 0.3) is 0 Å². The van der Waals surface area contributed by atoms with E-state index in [1.54, 1.807) is 0 Å². The van der Waals surface area contributed by atoms with Crippen molar-refractivity contribution in [1.29, 1.82) is 0 Å². The van der Waals surface area contributed by atoms with Gasteiger partial charge in [-0.25, -0.2) is 4.79 Å². The van der Waals surface area contributed by atoms with Crippen molar-refractivity contribution in [2.24, 2.45) is 0 Å². The van der Waals surface area contributed by atoms with Crippen molar-refractivity contribution in [1.82, 2.24) is 0 Å². The Labute approximate surface area is 236 Å². The number of nitrogens with zero attached hydrogens (tertiary/aromatic N) is 1. The average Bonchev–Trinajstić information content (AvgIpc) is 2.87. The fourth-order valence-electron chi connectivity index (χ4n) is 3.41. The number of likely N-dealkylation sites (N-methyl/N-ethyl adjacent to an activating group) is 1. The largest absolute Gasteiger partial charge is 0.477 e. The molecule has 0 aliphatic heterocycles. The number of carbonyl (C=O) groups excluding carboxylic acids is 1. The molecule has 220 valence electrons. The number of carboxylic acid groups (broad SMARTS) is 1. The SMILES string of the molecule is CC/C=C/C/C=C/C/C=C/C/C=C/C/C=C/C/C=C/CCC(=O)OCC(O)COCCC(C(=O)O)[N+](C)(C)C. The summed E-state index contributed by atoms with van der Waals surface area (Å²) in [6.07, 6.45) is 31.6. The minimum absolute atomic E-state index is 0.0100. The van der Waals surface area contributed by atoms with Crippen molar-refractivity contribution in [2.75, 3.05) is 41.0 Å². The van der Waals surface area contributed by atoms with Crippen molar-refractivity contribution in [3.8, 4) is 0 Å². The van der Waals surface area contributed by atoms with Gasteiger partial charge in [-0.3, -0.25) is 4.79 Å².